The number of halogens is 3. The van der Waals surface area contributed by atoms with Crippen LogP contribution in [0.1, 0.15) is 18.4 Å². The molecular weight excluding hydrogens is 245 g/mol. The first-order valence-electron chi connectivity index (χ1n) is 5.92. The molecule has 1 aliphatic heterocycles. The molecule has 0 bridgehead atoms. The SMILES string of the molecule is FC(F)(F)c1ccc(OC[C@@H]2CCCNC2)nc1. The third-order valence-electron chi connectivity index (χ3n) is 2.93. The van der Waals surface area contributed by atoms with E-state index in [1.807, 2.05) is 0 Å². The van der Waals surface area contributed by atoms with Gasteiger partial charge in [-0.3, -0.25) is 0 Å². The Bertz CT molecular complexity index is 372. The number of rotatable bonds is 3. The van der Waals surface area contributed by atoms with Gasteiger partial charge >= 0.3 is 6.18 Å². The van der Waals surface area contributed by atoms with Crippen LogP contribution in [-0.4, -0.2) is 24.7 Å². The fourth-order valence-corrected chi connectivity index (χ4v) is 1.90. The van der Waals surface area contributed by atoms with Gasteiger partial charge in [0.25, 0.3) is 0 Å². The quantitative estimate of drug-likeness (QED) is 0.906. The molecule has 1 aromatic heterocycles. The van der Waals surface area contributed by atoms with Crippen molar-refractivity contribution in [3.63, 3.8) is 0 Å². The summed E-state index contributed by atoms with van der Waals surface area (Å²) >= 11 is 0. The number of nitrogens with zero attached hydrogens (tertiary/aromatic N) is 1. The molecule has 1 aromatic rings. The second kappa shape index (κ2) is 5.56. The predicted octanol–water partition coefficient (Wildman–Crippen LogP) is 2.48. The van der Waals surface area contributed by atoms with Gasteiger partial charge in [-0.1, -0.05) is 0 Å². The Morgan fingerprint density at radius 1 is 1.39 bits per heavy atom. The Morgan fingerprint density at radius 3 is 2.78 bits per heavy atom. The van der Waals surface area contributed by atoms with E-state index in [0.29, 0.717) is 12.5 Å². The van der Waals surface area contributed by atoms with Gasteiger partial charge < -0.3 is 10.1 Å². The third kappa shape index (κ3) is 3.60. The molecule has 1 saturated heterocycles. The Hall–Kier alpha value is -1.30. The summed E-state index contributed by atoms with van der Waals surface area (Å²) in [5.41, 5.74) is -0.755. The van der Waals surface area contributed by atoms with Crippen LogP contribution in [0.5, 0.6) is 5.88 Å². The molecule has 1 N–H and O–H groups in total. The number of ether oxygens (including phenoxy) is 1. The van der Waals surface area contributed by atoms with Gasteiger partial charge in [0.05, 0.1) is 12.2 Å². The normalized spacial score (nSPS) is 20.7. The topological polar surface area (TPSA) is 34.1 Å². The second-order valence-corrected chi connectivity index (χ2v) is 4.41. The van der Waals surface area contributed by atoms with Crippen molar-refractivity contribution in [2.24, 2.45) is 5.92 Å². The maximum atomic E-state index is 12.3. The summed E-state index contributed by atoms with van der Waals surface area (Å²) < 4.78 is 42.3. The molecular formula is C12H15F3N2O. The van der Waals surface area contributed by atoms with Crippen LogP contribution in [0.2, 0.25) is 0 Å². The number of alkyl halides is 3. The summed E-state index contributed by atoms with van der Waals surface area (Å²) in [6.45, 7) is 2.40. The van der Waals surface area contributed by atoms with Crippen LogP contribution >= 0.6 is 0 Å². The first-order valence-corrected chi connectivity index (χ1v) is 5.92. The van der Waals surface area contributed by atoms with E-state index >= 15 is 0 Å². The maximum Gasteiger partial charge on any atom is 0.417 e. The lowest BCUT2D eigenvalue weighted by molar-refractivity contribution is -0.137. The molecule has 18 heavy (non-hydrogen) atoms. The molecule has 1 atom stereocenters. The minimum Gasteiger partial charge on any atom is -0.477 e. The molecule has 0 amide bonds. The van der Waals surface area contributed by atoms with E-state index in [4.69, 9.17) is 4.74 Å². The molecule has 1 fully saturated rings. The summed E-state index contributed by atoms with van der Waals surface area (Å²) in [5, 5.41) is 3.25. The average molecular weight is 260 g/mol. The van der Waals surface area contributed by atoms with Gasteiger partial charge in [-0.25, -0.2) is 4.98 Å². The zero-order valence-corrected chi connectivity index (χ0v) is 9.83. The van der Waals surface area contributed by atoms with Crippen molar-refractivity contribution in [2.45, 2.75) is 19.0 Å². The zero-order valence-electron chi connectivity index (χ0n) is 9.83. The van der Waals surface area contributed by atoms with Gasteiger partial charge in [-0.05, 0) is 25.5 Å². The van der Waals surface area contributed by atoms with Crippen LogP contribution in [0.25, 0.3) is 0 Å². The number of nitrogens with one attached hydrogen (secondary N) is 1. The number of piperidine rings is 1. The van der Waals surface area contributed by atoms with Crippen LogP contribution in [0.15, 0.2) is 18.3 Å². The van der Waals surface area contributed by atoms with Gasteiger partial charge in [-0.2, -0.15) is 13.2 Å². The summed E-state index contributed by atoms with van der Waals surface area (Å²) in [7, 11) is 0. The molecule has 1 aliphatic rings. The molecule has 3 nitrogen and oxygen atoms in total. The minimum absolute atomic E-state index is 0.244. The van der Waals surface area contributed by atoms with Gasteiger partial charge in [0.1, 0.15) is 0 Å². The van der Waals surface area contributed by atoms with E-state index in [1.54, 1.807) is 0 Å². The summed E-state index contributed by atoms with van der Waals surface area (Å²) in [6.07, 6.45) is -1.37. The van der Waals surface area contributed by atoms with Crippen molar-refractivity contribution in [2.75, 3.05) is 19.7 Å². The Kier molecular flexibility index (Phi) is 4.06. The van der Waals surface area contributed by atoms with Gasteiger partial charge in [0.2, 0.25) is 5.88 Å². The fraction of sp³-hybridized carbons (Fsp3) is 0.583. The van der Waals surface area contributed by atoms with Crippen LogP contribution in [0.4, 0.5) is 13.2 Å². The smallest absolute Gasteiger partial charge is 0.417 e. The summed E-state index contributed by atoms with van der Waals surface area (Å²) in [4.78, 5) is 3.67. The van der Waals surface area contributed by atoms with E-state index in [1.165, 1.54) is 6.07 Å². The Morgan fingerprint density at radius 2 is 2.22 bits per heavy atom. The molecule has 0 spiro atoms. The van der Waals surface area contributed by atoms with Crippen LogP contribution in [0, 0.1) is 5.92 Å². The van der Waals surface area contributed by atoms with Gasteiger partial charge in [0.15, 0.2) is 0 Å². The fourth-order valence-electron chi connectivity index (χ4n) is 1.90. The van der Waals surface area contributed by atoms with Crippen LogP contribution < -0.4 is 10.1 Å². The van der Waals surface area contributed by atoms with Crippen molar-refractivity contribution in [3.05, 3.63) is 23.9 Å². The molecule has 0 radical (unpaired) electrons. The molecule has 2 rings (SSSR count). The third-order valence-corrected chi connectivity index (χ3v) is 2.93. The lowest BCUT2D eigenvalue weighted by Crippen LogP contribution is -2.33. The molecule has 0 saturated carbocycles. The van der Waals surface area contributed by atoms with E-state index < -0.39 is 11.7 Å². The number of hydrogen-bond donors (Lipinski definition) is 1. The number of pyridine rings is 1. The van der Waals surface area contributed by atoms with Crippen molar-refractivity contribution in [1.29, 1.82) is 0 Å². The lowest BCUT2D eigenvalue weighted by atomic mass is 10.0. The lowest BCUT2D eigenvalue weighted by Gasteiger charge is -2.22. The van der Waals surface area contributed by atoms with E-state index in [-0.39, 0.29) is 5.88 Å². The highest BCUT2D eigenvalue weighted by molar-refractivity contribution is 5.20. The molecule has 6 heteroatoms. The minimum atomic E-state index is -4.35. The van der Waals surface area contributed by atoms with Gasteiger partial charge in [0, 0.05) is 24.7 Å². The maximum absolute atomic E-state index is 12.3. The monoisotopic (exact) mass is 260 g/mol. The highest BCUT2D eigenvalue weighted by Gasteiger charge is 2.30. The number of aromatic nitrogens is 1. The molecule has 0 aliphatic carbocycles. The van der Waals surface area contributed by atoms with E-state index in [0.717, 1.165) is 38.2 Å². The largest absolute Gasteiger partial charge is 0.477 e. The summed E-state index contributed by atoms with van der Waals surface area (Å²) in [5.74, 6) is 0.649. The van der Waals surface area contributed by atoms with E-state index in [9.17, 15) is 13.2 Å². The Balaban J connectivity index is 1.86. The number of hydrogen-bond acceptors (Lipinski definition) is 3. The summed E-state index contributed by atoms with van der Waals surface area (Å²) in [6, 6.07) is 2.25. The first kappa shape index (κ1) is 13.1. The Labute approximate surface area is 103 Å². The first-order chi connectivity index (χ1) is 8.55. The van der Waals surface area contributed by atoms with Crippen LogP contribution in [0.3, 0.4) is 0 Å². The van der Waals surface area contributed by atoms with Crippen molar-refractivity contribution < 1.29 is 17.9 Å². The molecule has 0 unspecified atom stereocenters. The molecule has 100 valence electrons. The second-order valence-electron chi connectivity index (χ2n) is 4.41. The molecule has 2 heterocycles. The molecule has 0 aromatic carbocycles. The van der Waals surface area contributed by atoms with Crippen molar-refractivity contribution >= 4 is 0 Å². The zero-order chi connectivity index (χ0) is 13.0. The highest BCUT2D eigenvalue weighted by atomic mass is 19.4. The van der Waals surface area contributed by atoms with Gasteiger partial charge in [-0.15, -0.1) is 0 Å². The predicted molar refractivity (Wildman–Crippen MR) is 60.3 cm³/mol. The van der Waals surface area contributed by atoms with Crippen molar-refractivity contribution in [3.8, 4) is 5.88 Å². The van der Waals surface area contributed by atoms with E-state index in [2.05, 4.69) is 10.3 Å². The van der Waals surface area contributed by atoms with Crippen LogP contribution in [-0.2, 0) is 6.18 Å². The standard InChI is InChI=1S/C12H15F3N2O/c13-12(14,15)10-3-4-11(17-7-10)18-8-9-2-1-5-16-6-9/h3-4,7,9,16H,1-2,5-6,8H2/t9-/m1/s1. The van der Waals surface area contributed by atoms with Crippen molar-refractivity contribution in [1.82, 2.24) is 10.3 Å². The average Bonchev–Trinajstić information content (AvgIpc) is 2.37. The highest BCUT2D eigenvalue weighted by Crippen LogP contribution is 2.29.